The Kier molecular flexibility index (Phi) is 4.34. The molecule has 1 aromatic carbocycles. The Labute approximate surface area is 110 Å². The molecule has 0 spiro atoms. The lowest BCUT2D eigenvalue weighted by Crippen LogP contribution is -2.13. The van der Waals surface area contributed by atoms with Gasteiger partial charge in [-0.1, -0.05) is 0 Å². The molecule has 0 heterocycles. The zero-order valence-electron chi connectivity index (χ0n) is 7.68. The first-order chi connectivity index (χ1) is 7.34. The molecule has 0 radical (unpaired) electrons. The minimum atomic E-state index is -3.10. The second-order valence-electron chi connectivity index (χ2n) is 2.92. The highest BCUT2D eigenvalue weighted by Gasteiger charge is 2.24. The highest BCUT2D eigenvalue weighted by molar-refractivity contribution is 9.11. The average molecular weight is 373 g/mol. The Morgan fingerprint density at radius 3 is 2.06 bits per heavy atom. The number of anilines is 1. The van der Waals surface area contributed by atoms with Gasteiger partial charge in [0.2, 0.25) is 0 Å². The van der Waals surface area contributed by atoms with Gasteiger partial charge in [0.1, 0.15) is 0 Å². The first-order valence-electron chi connectivity index (χ1n) is 3.95. The van der Waals surface area contributed by atoms with Crippen LogP contribution in [0, 0.1) is 0 Å². The second kappa shape index (κ2) is 5.15. The van der Waals surface area contributed by atoms with Crippen molar-refractivity contribution in [3.05, 3.63) is 26.6 Å². The molecule has 8 heteroatoms. The Hall–Kier alpha value is -0.600. The molecule has 0 saturated carbocycles. The lowest BCUT2D eigenvalue weighted by molar-refractivity contribution is -0.136. The maximum Gasteiger partial charge on any atom is 0.326 e. The zero-order chi connectivity index (χ0) is 12.5. The van der Waals surface area contributed by atoms with E-state index in [0.717, 1.165) is 0 Å². The Morgan fingerprint density at radius 1 is 1.31 bits per heavy atom. The number of hydrogen-bond acceptors (Lipinski definition) is 4. The van der Waals surface area contributed by atoms with E-state index in [4.69, 9.17) is 10.8 Å². The quantitative estimate of drug-likeness (QED) is 0.552. The highest BCUT2D eigenvalue weighted by atomic mass is 79.9. The van der Waals surface area contributed by atoms with Gasteiger partial charge in [-0.2, -0.15) is 0 Å². The molecule has 0 aliphatic rings. The molecule has 0 amide bonds. The van der Waals surface area contributed by atoms with Crippen molar-refractivity contribution in [1.29, 1.82) is 0 Å². The molecule has 5 nitrogen and oxygen atoms in total. The summed E-state index contributed by atoms with van der Waals surface area (Å²) in [7, 11) is -3.10. The van der Waals surface area contributed by atoms with Crippen LogP contribution < -0.4 is 5.73 Å². The summed E-state index contributed by atoms with van der Waals surface area (Å²) in [6.07, 6.45) is 0. The number of thiol groups is 1. The predicted octanol–water partition coefficient (Wildman–Crippen LogP) is 1.53. The number of nitrogen functional groups attached to an aromatic ring is 1. The van der Waals surface area contributed by atoms with Gasteiger partial charge >= 0.3 is 5.97 Å². The predicted molar refractivity (Wildman–Crippen MR) is 66.9 cm³/mol. The topological polar surface area (TPSA) is 97.5 Å². The molecule has 0 fully saturated rings. The zero-order valence-corrected chi connectivity index (χ0v) is 11.8. The van der Waals surface area contributed by atoms with Crippen LogP contribution in [0.1, 0.15) is 10.8 Å². The molecule has 16 heavy (non-hydrogen) atoms. The average Bonchev–Trinajstić information content (AvgIpc) is 2.12. The van der Waals surface area contributed by atoms with Crippen molar-refractivity contribution in [2.24, 2.45) is 0 Å². The van der Waals surface area contributed by atoms with Crippen LogP contribution in [-0.4, -0.2) is 19.5 Å². The van der Waals surface area contributed by atoms with E-state index >= 15 is 0 Å². The molecule has 0 saturated heterocycles. The molecule has 88 valence electrons. The molecule has 0 aromatic heterocycles. The van der Waals surface area contributed by atoms with Crippen LogP contribution in [0.15, 0.2) is 21.1 Å². The number of aliphatic carboxylic acids is 1. The van der Waals surface area contributed by atoms with Crippen molar-refractivity contribution in [1.82, 2.24) is 0 Å². The van der Waals surface area contributed by atoms with Crippen molar-refractivity contribution in [3.8, 4) is 0 Å². The Balaban J connectivity index is 3.37. The molecule has 1 atom stereocenters. The lowest BCUT2D eigenvalue weighted by atomic mass is 10.1. The van der Waals surface area contributed by atoms with Crippen LogP contribution in [0.25, 0.3) is 0 Å². The third-order valence-electron chi connectivity index (χ3n) is 1.86. The van der Waals surface area contributed by atoms with Gasteiger partial charge in [-0.05, 0) is 49.6 Å². The smallest absolute Gasteiger partial charge is 0.326 e. The van der Waals surface area contributed by atoms with Crippen LogP contribution in [0.2, 0.25) is 0 Å². The van der Waals surface area contributed by atoms with Gasteiger partial charge in [-0.15, -0.1) is 0 Å². The third-order valence-corrected chi connectivity index (χ3v) is 4.11. The largest absolute Gasteiger partial charge is 0.480 e. The Morgan fingerprint density at radius 2 is 1.75 bits per heavy atom. The summed E-state index contributed by atoms with van der Waals surface area (Å²) >= 11 is 6.24. The molecule has 0 aliphatic heterocycles. The summed E-state index contributed by atoms with van der Waals surface area (Å²) in [4.78, 5) is 10.8. The van der Waals surface area contributed by atoms with Gasteiger partial charge in [0.15, 0.2) is 16.0 Å². The number of hydrogen-bond donors (Lipinski definition) is 3. The van der Waals surface area contributed by atoms with Gasteiger partial charge in [0, 0.05) is 8.95 Å². The van der Waals surface area contributed by atoms with Gasteiger partial charge in [-0.3, -0.25) is 4.79 Å². The van der Waals surface area contributed by atoms with Crippen LogP contribution in [-0.2, 0) is 15.5 Å². The van der Waals surface area contributed by atoms with E-state index in [9.17, 15) is 13.2 Å². The number of halogens is 2. The Bertz CT molecular complexity index is 484. The standard InChI is InChI=1S/C8H7Br2NO4S/c9-4-1-3(2-5(10)6(4)11)7(8(12)13)16(14)15/h1-2,7,16H,11H2,(H,12,13). The van der Waals surface area contributed by atoms with E-state index in [-0.39, 0.29) is 5.56 Å². The molecule has 1 rings (SSSR count). The normalized spacial score (nSPS) is 12.7. The first-order valence-corrected chi connectivity index (χ1v) is 6.78. The maximum atomic E-state index is 10.8. The summed E-state index contributed by atoms with van der Waals surface area (Å²) in [5.41, 5.74) is 6.14. The van der Waals surface area contributed by atoms with E-state index in [1.165, 1.54) is 12.1 Å². The van der Waals surface area contributed by atoms with Crippen molar-refractivity contribution in [2.75, 3.05) is 5.73 Å². The van der Waals surface area contributed by atoms with E-state index in [1.807, 2.05) is 0 Å². The lowest BCUT2D eigenvalue weighted by Gasteiger charge is -2.09. The first kappa shape index (κ1) is 13.5. The summed E-state index contributed by atoms with van der Waals surface area (Å²) in [5, 5.41) is 7.24. The monoisotopic (exact) mass is 371 g/mol. The molecule has 1 unspecified atom stereocenters. The fourth-order valence-corrected chi connectivity index (χ4v) is 2.91. The molecule has 1 aromatic rings. The number of carboxylic acid groups (broad SMARTS) is 1. The number of carbonyl (C=O) groups is 1. The van der Waals surface area contributed by atoms with E-state index < -0.39 is 21.9 Å². The number of nitrogens with two attached hydrogens (primary N) is 1. The van der Waals surface area contributed by atoms with Crippen LogP contribution in [0.4, 0.5) is 5.69 Å². The molecule has 3 N–H and O–H groups in total. The van der Waals surface area contributed by atoms with E-state index in [0.29, 0.717) is 14.6 Å². The molecular formula is C8H7Br2NO4S. The van der Waals surface area contributed by atoms with Gasteiger partial charge in [-0.25, -0.2) is 8.42 Å². The van der Waals surface area contributed by atoms with Crippen LogP contribution in [0.5, 0.6) is 0 Å². The third kappa shape index (κ3) is 2.74. The minimum absolute atomic E-state index is 0.150. The summed E-state index contributed by atoms with van der Waals surface area (Å²) in [6, 6.07) is 2.76. The summed E-state index contributed by atoms with van der Waals surface area (Å²) in [5.74, 6) is -1.42. The van der Waals surface area contributed by atoms with Crippen LogP contribution in [0.3, 0.4) is 0 Å². The fourth-order valence-electron chi connectivity index (χ4n) is 1.12. The van der Waals surface area contributed by atoms with Gasteiger partial charge in [0.25, 0.3) is 0 Å². The number of carboxylic acids is 1. The molecule has 0 bridgehead atoms. The van der Waals surface area contributed by atoms with E-state index in [1.54, 1.807) is 0 Å². The highest BCUT2D eigenvalue weighted by Crippen LogP contribution is 2.32. The van der Waals surface area contributed by atoms with Gasteiger partial charge in [0.05, 0.1) is 5.69 Å². The van der Waals surface area contributed by atoms with Crippen LogP contribution >= 0.6 is 31.9 Å². The SMILES string of the molecule is Nc1c(Br)cc(C(C(=O)O)[SH](=O)=O)cc1Br. The minimum Gasteiger partial charge on any atom is -0.480 e. The van der Waals surface area contributed by atoms with E-state index in [2.05, 4.69) is 31.9 Å². The molecular weight excluding hydrogens is 366 g/mol. The maximum absolute atomic E-state index is 10.8. The molecule has 0 aliphatic carbocycles. The van der Waals surface area contributed by atoms with Crippen molar-refractivity contribution < 1.29 is 18.3 Å². The summed E-state index contributed by atoms with van der Waals surface area (Å²) < 4.78 is 22.6. The summed E-state index contributed by atoms with van der Waals surface area (Å²) in [6.45, 7) is 0. The number of rotatable bonds is 3. The number of benzene rings is 1. The van der Waals surface area contributed by atoms with Gasteiger partial charge < -0.3 is 10.8 Å². The van der Waals surface area contributed by atoms with Crippen molar-refractivity contribution in [2.45, 2.75) is 5.25 Å². The second-order valence-corrected chi connectivity index (χ2v) is 5.72. The van der Waals surface area contributed by atoms with Crippen molar-refractivity contribution in [3.63, 3.8) is 0 Å². The fraction of sp³-hybridized carbons (Fsp3) is 0.125. The van der Waals surface area contributed by atoms with Crippen molar-refractivity contribution >= 4 is 54.2 Å².